The van der Waals surface area contributed by atoms with Crippen molar-refractivity contribution >= 4 is 29.6 Å². The zero-order valence-corrected chi connectivity index (χ0v) is 19.0. The van der Waals surface area contributed by atoms with Crippen LogP contribution in [0.5, 0.6) is 5.75 Å². The van der Waals surface area contributed by atoms with Crippen molar-refractivity contribution in [2.75, 3.05) is 12.0 Å². The van der Waals surface area contributed by atoms with E-state index in [0.717, 1.165) is 34.0 Å². The highest BCUT2D eigenvalue weighted by Gasteiger charge is 2.37. The van der Waals surface area contributed by atoms with Crippen molar-refractivity contribution in [2.24, 2.45) is 0 Å². The molecule has 7 heteroatoms. The molecule has 0 saturated carbocycles. The molecule has 0 unspecified atom stereocenters. The normalized spacial score (nSPS) is 15.2. The van der Waals surface area contributed by atoms with Crippen LogP contribution in [-0.2, 0) is 16.0 Å². The smallest absolute Gasteiger partial charge is 0.335 e. The molecule has 2 heterocycles. The molecule has 0 atom stereocenters. The highest BCUT2D eigenvalue weighted by molar-refractivity contribution is 6.39. The number of nitrogens with zero attached hydrogens (tertiary/aromatic N) is 2. The summed E-state index contributed by atoms with van der Waals surface area (Å²) in [4.78, 5) is 39.3. The minimum atomic E-state index is -0.758. The fourth-order valence-electron chi connectivity index (χ4n) is 4.05. The molecule has 0 radical (unpaired) electrons. The van der Waals surface area contributed by atoms with Gasteiger partial charge in [0, 0.05) is 11.4 Å². The number of imide groups is 2. The Hall–Kier alpha value is -4.13. The van der Waals surface area contributed by atoms with E-state index < -0.39 is 17.8 Å². The molecule has 1 fully saturated rings. The van der Waals surface area contributed by atoms with Gasteiger partial charge in [-0.1, -0.05) is 31.2 Å². The first-order valence-electron chi connectivity index (χ1n) is 10.7. The molecule has 1 aliphatic heterocycles. The van der Waals surface area contributed by atoms with Crippen molar-refractivity contribution in [1.29, 1.82) is 0 Å². The van der Waals surface area contributed by atoms with Gasteiger partial charge in [-0.25, -0.2) is 9.69 Å². The van der Waals surface area contributed by atoms with E-state index in [9.17, 15) is 14.4 Å². The minimum absolute atomic E-state index is 0.102. The van der Waals surface area contributed by atoms with E-state index in [1.165, 1.54) is 6.08 Å². The number of barbiturate groups is 1. The Morgan fingerprint density at radius 3 is 2.36 bits per heavy atom. The topological polar surface area (TPSA) is 80.6 Å². The second-order valence-corrected chi connectivity index (χ2v) is 7.81. The number of rotatable bonds is 5. The number of aryl methyl sites for hydroxylation is 2. The summed E-state index contributed by atoms with van der Waals surface area (Å²) < 4.78 is 7.50. The minimum Gasteiger partial charge on any atom is -0.495 e. The molecule has 1 N–H and O–H groups in total. The maximum atomic E-state index is 13.2. The predicted octanol–water partition coefficient (Wildman–Crippen LogP) is 4.33. The molecule has 33 heavy (non-hydrogen) atoms. The molecule has 168 valence electrons. The number of carbonyl (C=O) groups excluding carboxylic acids is 3. The number of hydrogen-bond donors (Lipinski definition) is 1. The molecule has 1 saturated heterocycles. The molecule has 1 aromatic heterocycles. The number of hydrogen-bond acceptors (Lipinski definition) is 4. The van der Waals surface area contributed by atoms with Crippen molar-refractivity contribution in [3.63, 3.8) is 0 Å². The fraction of sp³-hybridized carbons (Fsp3) is 0.192. The Morgan fingerprint density at radius 1 is 1.00 bits per heavy atom. The van der Waals surface area contributed by atoms with Crippen LogP contribution in [0.15, 0.2) is 60.2 Å². The molecule has 3 aromatic rings. The van der Waals surface area contributed by atoms with Gasteiger partial charge < -0.3 is 9.30 Å². The maximum Gasteiger partial charge on any atom is 0.335 e. The highest BCUT2D eigenvalue weighted by Crippen LogP contribution is 2.30. The average molecular weight is 444 g/mol. The van der Waals surface area contributed by atoms with Crippen molar-refractivity contribution in [3.05, 3.63) is 82.7 Å². The number of nitrogens with one attached hydrogen (secondary N) is 1. The van der Waals surface area contributed by atoms with Gasteiger partial charge in [0.05, 0.1) is 18.5 Å². The predicted molar refractivity (Wildman–Crippen MR) is 127 cm³/mol. The van der Waals surface area contributed by atoms with E-state index in [-0.39, 0.29) is 5.57 Å². The first-order valence-corrected chi connectivity index (χ1v) is 10.7. The van der Waals surface area contributed by atoms with Crippen LogP contribution in [0, 0.1) is 13.8 Å². The van der Waals surface area contributed by atoms with Gasteiger partial charge in [-0.3, -0.25) is 14.9 Å². The Labute approximate surface area is 192 Å². The van der Waals surface area contributed by atoms with Gasteiger partial charge in [-0.15, -0.1) is 0 Å². The van der Waals surface area contributed by atoms with E-state index in [0.29, 0.717) is 17.0 Å². The fourth-order valence-corrected chi connectivity index (χ4v) is 4.05. The van der Waals surface area contributed by atoms with Gasteiger partial charge in [0.2, 0.25) is 0 Å². The summed E-state index contributed by atoms with van der Waals surface area (Å²) in [5.41, 5.74) is 4.69. The highest BCUT2D eigenvalue weighted by atomic mass is 16.5. The zero-order valence-electron chi connectivity index (χ0n) is 19.0. The molecular weight excluding hydrogens is 418 g/mol. The second kappa shape index (κ2) is 8.78. The molecule has 0 bridgehead atoms. The van der Waals surface area contributed by atoms with Gasteiger partial charge in [0.1, 0.15) is 11.3 Å². The monoisotopic (exact) mass is 443 g/mol. The quantitative estimate of drug-likeness (QED) is 0.470. The number of para-hydroxylation sites is 2. The third kappa shape index (κ3) is 3.93. The Morgan fingerprint density at radius 2 is 1.70 bits per heavy atom. The molecule has 0 spiro atoms. The van der Waals surface area contributed by atoms with Crippen LogP contribution in [-0.4, -0.2) is 29.5 Å². The first-order chi connectivity index (χ1) is 15.8. The SMILES string of the molecule is CCc1ccc(N2C(=O)NC(=O)/C(=C/c3cc(C)n(-c4ccccc4OC)c3C)C2=O)cc1. The average Bonchev–Trinajstić information content (AvgIpc) is 3.09. The number of benzene rings is 2. The third-order valence-electron chi connectivity index (χ3n) is 5.80. The van der Waals surface area contributed by atoms with Crippen LogP contribution < -0.4 is 15.0 Å². The largest absolute Gasteiger partial charge is 0.495 e. The number of anilines is 1. The van der Waals surface area contributed by atoms with Crippen molar-refractivity contribution in [3.8, 4) is 11.4 Å². The van der Waals surface area contributed by atoms with E-state index in [1.54, 1.807) is 19.2 Å². The Balaban J connectivity index is 1.76. The van der Waals surface area contributed by atoms with Crippen LogP contribution in [0.2, 0.25) is 0 Å². The van der Waals surface area contributed by atoms with E-state index in [4.69, 9.17) is 4.74 Å². The summed E-state index contributed by atoms with van der Waals surface area (Å²) in [6.07, 6.45) is 2.37. The van der Waals surface area contributed by atoms with E-state index >= 15 is 0 Å². The Kier molecular flexibility index (Phi) is 5.87. The molecular formula is C26H25N3O4. The second-order valence-electron chi connectivity index (χ2n) is 7.81. The summed E-state index contributed by atoms with van der Waals surface area (Å²) >= 11 is 0. The van der Waals surface area contributed by atoms with Gasteiger partial charge in [0.15, 0.2) is 0 Å². The number of aromatic nitrogens is 1. The van der Waals surface area contributed by atoms with Gasteiger partial charge >= 0.3 is 6.03 Å². The van der Waals surface area contributed by atoms with E-state index in [2.05, 4.69) is 5.32 Å². The number of carbonyl (C=O) groups is 3. The van der Waals surface area contributed by atoms with Crippen LogP contribution in [0.4, 0.5) is 10.5 Å². The lowest BCUT2D eigenvalue weighted by Gasteiger charge is -2.26. The lowest BCUT2D eigenvalue weighted by atomic mass is 10.1. The maximum absolute atomic E-state index is 13.2. The van der Waals surface area contributed by atoms with Crippen LogP contribution in [0.3, 0.4) is 0 Å². The summed E-state index contributed by atoms with van der Waals surface area (Å²) in [5.74, 6) is -0.666. The van der Waals surface area contributed by atoms with Crippen molar-refractivity contribution < 1.29 is 19.1 Å². The molecule has 2 aromatic carbocycles. The molecule has 4 rings (SSSR count). The van der Waals surface area contributed by atoms with E-state index in [1.807, 2.05) is 67.8 Å². The summed E-state index contributed by atoms with van der Waals surface area (Å²) in [6, 6.07) is 15.9. The van der Waals surface area contributed by atoms with Crippen molar-refractivity contribution in [2.45, 2.75) is 27.2 Å². The first kappa shape index (κ1) is 22.1. The Bertz CT molecular complexity index is 1290. The number of methoxy groups -OCH3 is 1. The van der Waals surface area contributed by atoms with Crippen molar-refractivity contribution in [1.82, 2.24) is 9.88 Å². The van der Waals surface area contributed by atoms with Gasteiger partial charge in [0.25, 0.3) is 11.8 Å². The van der Waals surface area contributed by atoms with Gasteiger partial charge in [-0.2, -0.15) is 0 Å². The van der Waals surface area contributed by atoms with Crippen LogP contribution in [0.25, 0.3) is 11.8 Å². The molecule has 1 aliphatic rings. The standard InChI is InChI=1S/C26H25N3O4/c1-5-18-10-12-20(13-11-18)29-25(31)21(24(30)27-26(29)32)15-19-14-16(2)28(17(19)3)22-8-6-7-9-23(22)33-4/h6-15H,5H2,1-4H3,(H,27,30,32)/b21-15-. The molecule has 0 aliphatic carbocycles. The summed E-state index contributed by atoms with van der Waals surface area (Å²) in [6.45, 7) is 5.87. The van der Waals surface area contributed by atoms with Crippen LogP contribution >= 0.6 is 0 Å². The lowest BCUT2D eigenvalue weighted by molar-refractivity contribution is -0.122. The number of amides is 4. The number of ether oxygens (including phenoxy) is 1. The number of urea groups is 1. The molecule has 4 amide bonds. The molecule has 7 nitrogen and oxygen atoms in total. The van der Waals surface area contributed by atoms with Crippen LogP contribution in [0.1, 0.15) is 29.4 Å². The lowest BCUT2D eigenvalue weighted by Crippen LogP contribution is -2.54. The zero-order chi connectivity index (χ0) is 23.7. The summed E-state index contributed by atoms with van der Waals surface area (Å²) in [7, 11) is 1.61. The summed E-state index contributed by atoms with van der Waals surface area (Å²) in [5, 5.41) is 2.28. The van der Waals surface area contributed by atoms with Gasteiger partial charge in [-0.05, 0) is 67.8 Å². The third-order valence-corrected chi connectivity index (χ3v) is 5.80.